The molecule has 0 bridgehead atoms. The topological polar surface area (TPSA) is 127 Å². The minimum Gasteiger partial charge on any atom is -0.497 e. The summed E-state index contributed by atoms with van der Waals surface area (Å²) >= 11 is 0. The third-order valence-electron chi connectivity index (χ3n) is 8.34. The number of carbonyl (C=O) groups excluding carboxylic acids is 1. The summed E-state index contributed by atoms with van der Waals surface area (Å²) in [6.45, 7) is 0.00902. The second-order valence-corrected chi connectivity index (χ2v) is 11.1. The second-order valence-electron chi connectivity index (χ2n) is 11.1. The molecule has 47 heavy (non-hydrogen) atoms. The van der Waals surface area contributed by atoms with Crippen molar-refractivity contribution in [3.05, 3.63) is 154 Å². The Morgan fingerprint density at radius 2 is 1.53 bits per heavy atom. The molecule has 0 unspecified atom stereocenters. The van der Waals surface area contributed by atoms with Gasteiger partial charge in [-0.05, 0) is 47.0 Å². The van der Waals surface area contributed by atoms with E-state index in [1.165, 1.54) is 16.8 Å². The van der Waals surface area contributed by atoms with E-state index in [-0.39, 0.29) is 18.8 Å². The lowest BCUT2D eigenvalue weighted by Gasteiger charge is -2.37. The molecule has 10 heteroatoms. The predicted octanol–water partition coefficient (Wildman–Crippen LogP) is 5.40. The molecule has 3 atom stereocenters. The minimum atomic E-state index is -1.08. The summed E-state index contributed by atoms with van der Waals surface area (Å²) < 4.78 is 26.4. The second kappa shape index (κ2) is 13.9. The van der Waals surface area contributed by atoms with Crippen LogP contribution in [0.15, 0.2) is 126 Å². The number of aromatic nitrogens is 2. The normalized spacial score (nSPS) is 17.6. The van der Waals surface area contributed by atoms with Crippen LogP contribution in [0.4, 0.5) is 11.5 Å². The molecule has 0 spiro atoms. The van der Waals surface area contributed by atoms with Gasteiger partial charge in [0.05, 0.1) is 19.3 Å². The lowest BCUT2D eigenvalue weighted by Crippen LogP contribution is -2.39. The number of para-hydroxylation sites is 1. The molecule has 0 radical (unpaired) electrons. The van der Waals surface area contributed by atoms with E-state index in [0.29, 0.717) is 17.0 Å². The van der Waals surface area contributed by atoms with Gasteiger partial charge in [-0.3, -0.25) is 4.57 Å². The third kappa shape index (κ3) is 6.46. The van der Waals surface area contributed by atoms with Gasteiger partial charge in [-0.2, -0.15) is 4.98 Å². The Morgan fingerprint density at radius 1 is 0.915 bits per heavy atom. The highest BCUT2D eigenvalue weighted by molar-refractivity contribution is 5.95. The SMILES string of the molecule is CNc1ccccc1C(=O)O[C@H]1C[C@H](n2ccc(N)nc2=O)O[C@@H]1COC(c1ccccc1)(c1ccccc1)c1ccc(OC)cc1. The number of methoxy groups -OCH3 is 1. The van der Waals surface area contributed by atoms with E-state index in [0.717, 1.165) is 16.7 Å². The van der Waals surface area contributed by atoms with Crippen molar-refractivity contribution in [2.24, 2.45) is 0 Å². The number of hydrogen-bond donors (Lipinski definition) is 2. The van der Waals surface area contributed by atoms with Crippen LogP contribution >= 0.6 is 0 Å². The molecule has 1 aliphatic rings. The van der Waals surface area contributed by atoms with Gasteiger partial charge in [0.15, 0.2) is 0 Å². The molecule has 0 aliphatic carbocycles. The van der Waals surface area contributed by atoms with Crippen molar-refractivity contribution in [2.45, 2.75) is 30.5 Å². The number of esters is 1. The van der Waals surface area contributed by atoms with Crippen molar-refractivity contribution in [3.63, 3.8) is 0 Å². The fourth-order valence-corrected chi connectivity index (χ4v) is 6.00. The Bertz CT molecular complexity index is 1820. The number of carbonyl (C=O) groups is 1. The zero-order valence-corrected chi connectivity index (χ0v) is 26.1. The first-order valence-electron chi connectivity index (χ1n) is 15.3. The molecular weight excluding hydrogens is 596 g/mol. The molecule has 3 N–H and O–H groups in total. The Labute approximate surface area is 272 Å². The number of benzene rings is 4. The van der Waals surface area contributed by atoms with Crippen molar-refractivity contribution >= 4 is 17.5 Å². The van der Waals surface area contributed by atoms with Gasteiger partial charge in [-0.15, -0.1) is 0 Å². The van der Waals surface area contributed by atoms with Gasteiger partial charge in [0, 0.05) is 25.4 Å². The first-order chi connectivity index (χ1) is 22.9. The highest BCUT2D eigenvalue weighted by Gasteiger charge is 2.44. The molecule has 1 saturated heterocycles. The summed E-state index contributed by atoms with van der Waals surface area (Å²) in [5.41, 5.74) is 7.76. The van der Waals surface area contributed by atoms with Crippen LogP contribution in [-0.2, 0) is 19.8 Å². The maximum Gasteiger partial charge on any atom is 0.351 e. The van der Waals surface area contributed by atoms with E-state index >= 15 is 0 Å². The quantitative estimate of drug-likeness (QED) is 0.145. The van der Waals surface area contributed by atoms with Gasteiger partial charge in [-0.25, -0.2) is 9.59 Å². The third-order valence-corrected chi connectivity index (χ3v) is 8.34. The largest absolute Gasteiger partial charge is 0.497 e. The minimum absolute atomic E-state index is 0.00902. The summed E-state index contributed by atoms with van der Waals surface area (Å²) in [7, 11) is 3.36. The van der Waals surface area contributed by atoms with Gasteiger partial charge in [0.25, 0.3) is 0 Å². The van der Waals surface area contributed by atoms with Gasteiger partial charge in [-0.1, -0.05) is 84.9 Å². The van der Waals surface area contributed by atoms with Gasteiger partial charge in [0.2, 0.25) is 0 Å². The zero-order valence-electron chi connectivity index (χ0n) is 26.1. The van der Waals surface area contributed by atoms with Gasteiger partial charge in [0.1, 0.15) is 35.6 Å². The number of nitrogen functional groups attached to an aromatic ring is 1. The smallest absolute Gasteiger partial charge is 0.351 e. The molecule has 1 fully saturated rings. The summed E-state index contributed by atoms with van der Waals surface area (Å²) in [6.07, 6.45) is -0.560. The van der Waals surface area contributed by atoms with E-state index in [4.69, 9.17) is 24.7 Å². The van der Waals surface area contributed by atoms with Crippen LogP contribution in [0, 0.1) is 0 Å². The predicted molar refractivity (Wildman–Crippen MR) is 178 cm³/mol. The van der Waals surface area contributed by atoms with Crippen LogP contribution in [0.2, 0.25) is 0 Å². The molecule has 2 heterocycles. The standard InChI is InChI=1S/C37H36N4O6/c1-39-30-16-10-9-15-29(30)35(42)47-31-23-34(41-22-21-33(38)40-36(41)43)46-32(31)24-45-37(25-11-5-3-6-12-25,26-13-7-4-8-14-26)27-17-19-28(44-2)20-18-27/h3-22,31-32,34,39H,23-24H2,1-2H3,(H2,38,40,43)/t31-,32+,34+/m0/s1. The number of hydrogen-bond acceptors (Lipinski definition) is 9. The summed E-state index contributed by atoms with van der Waals surface area (Å²) in [6, 6.07) is 36.2. The van der Waals surface area contributed by atoms with Gasteiger partial charge < -0.3 is 30.0 Å². The maximum atomic E-state index is 13.5. The number of ether oxygens (including phenoxy) is 4. The highest BCUT2D eigenvalue weighted by Crippen LogP contribution is 2.42. The lowest BCUT2D eigenvalue weighted by atomic mass is 9.80. The molecular formula is C37H36N4O6. The molecule has 4 aromatic carbocycles. The number of nitrogens with two attached hydrogens (primary N) is 1. The molecule has 1 aromatic heterocycles. The van der Waals surface area contributed by atoms with Crippen LogP contribution in [0.25, 0.3) is 0 Å². The summed E-state index contributed by atoms with van der Waals surface area (Å²) in [4.78, 5) is 30.2. The average Bonchev–Trinajstić information content (AvgIpc) is 3.51. The van der Waals surface area contributed by atoms with Crippen molar-refractivity contribution < 1.29 is 23.7 Å². The van der Waals surface area contributed by atoms with Crippen LogP contribution in [0.1, 0.15) is 39.7 Å². The molecule has 0 amide bonds. The fraction of sp³-hybridized carbons (Fsp3) is 0.216. The number of nitrogens with zero attached hydrogens (tertiary/aromatic N) is 2. The molecule has 5 aromatic rings. The molecule has 240 valence electrons. The van der Waals surface area contributed by atoms with Crippen molar-refractivity contribution in [1.82, 2.24) is 9.55 Å². The Kier molecular flexibility index (Phi) is 9.32. The van der Waals surface area contributed by atoms with Crippen LogP contribution in [0.3, 0.4) is 0 Å². The van der Waals surface area contributed by atoms with E-state index in [2.05, 4.69) is 10.3 Å². The Morgan fingerprint density at radius 3 is 2.15 bits per heavy atom. The van der Waals surface area contributed by atoms with Crippen molar-refractivity contribution in [1.29, 1.82) is 0 Å². The Balaban J connectivity index is 1.39. The van der Waals surface area contributed by atoms with Crippen molar-refractivity contribution in [3.8, 4) is 5.75 Å². The Hall–Kier alpha value is -5.45. The van der Waals surface area contributed by atoms with Crippen molar-refractivity contribution in [2.75, 3.05) is 31.8 Å². The molecule has 1 aliphatic heterocycles. The monoisotopic (exact) mass is 632 g/mol. The van der Waals surface area contributed by atoms with E-state index in [9.17, 15) is 9.59 Å². The summed E-state index contributed by atoms with van der Waals surface area (Å²) in [5.74, 6) is 0.289. The first-order valence-corrected chi connectivity index (χ1v) is 15.3. The van der Waals surface area contributed by atoms with E-state index in [1.54, 1.807) is 32.4 Å². The molecule has 10 nitrogen and oxygen atoms in total. The summed E-state index contributed by atoms with van der Waals surface area (Å²) in [5, 5.41) is 3.04. The number of nitrogens with one attached hydrogen (secondary N) is 1. The lowest BCUT2D eigenvalue weighted by molar-refractivity contribution is -0.0967. The fourth-order valence-electron chi connectivity index (χ4n) is 6.00. The van der Waals surface area contributed by atoms with E-state index < -0.39 is 35.7 Å². The number of anilines is 2. The van der Waals surface area contributed by atoms with Gasteiger partial charge >= 0.3 is 11.7 Å². The first kappa shape index (κ1) is 31.5. The van der Waals surface area contributed by atoms with Crippen LogP contribution in [-0.4, -0.2) is 48.5 Å². The number of rotatable bonds is 11. The zero-order chi connectivity index (χ0) is 32.8. The van der Waals surface area contributed by atoms with Crippen LogP contribution in [0.5, 0.6) is 5.75 Å². The highest BCUT2D eigenvalue weighted by atomic mass is 16.6. The maximum absolute atomic E-state index is 13.5. The molecule has 0 saturated carbocycles. The molecule has 6 rings (SSSR count). The van der Waals surface area contributed by atoms with Crippen LogP contribution < -0.4 is 21.5 Å². The average molecular weight is 633 g/mol. The van der Waals surface area contributed by atoms with E-state index in [1.807, 2.05) is 91.0 Å².